The van der Waals surface area contributed by atoms with Crippen LogP contribution >= 0.6 is 0 Å². The molecule has 0 saturated heterocycles. The lowest BCUT2D eigenvalue weighted by Gasteiger charge is -2.30. The van der Waals surface area contributed by atoms with Gasteiger partial charge in [0.05, 0.1) is 0 Å². The monoisotopic (exact) mass is 312 g/mol. The van der Waals surface area contributed by atoms with Gasteiger partial charge in [-0.2, -0.15) is 0 Å². The molecule has 4 nitrogen and oxygen atoms in total. The Balaban J connectivity index is 5.27. The van der Waals surface area contributed by atoms with E-state index in [1.165, 1.54) is 0 Å². The zero-order chi connectivity index (χ0) is 16.5. The Labute approximate surface area is 129 Å². The molecule has 0 rings (SSSR count). The molecule has 120 valence electrons. The van der Waals surface area contributed by atoms with E-state index in [1.807, 2.05) is 0 Å². The average molecular weight is 312 g/mol. The second-order valence-corrected chi connectivity index (χ2v) is 8.69. The summed E-state index contributed by atoms with van der Waals surface area (Å²) in [6, 6.07) is 1.25. The summed E-state index contributed by atoms with van der Waals surface area (Å²) in [6.07, 6.45) is 3.64. The molecule has 5 heteroatoms. The fraction of sp³-hybridized carbons (Fsp3) is 0.625. The molecule has 0 aliphatic rings. The highest BCUT2D eigenvalue weighted by Gasteiger charge is 2.44. The second kappa shape index (κ2) is 9.55. The minimum absolute atomic E-state index is 0.325. The van der Waals surface area contributed by atoms with Gasteiger partial charge in [0, 0.05) is 23.2 Å². The van der Waals surface area contributed by atoms with Crippen LogP contribution in [0.4, 0.5) is 0 Å². The summed E-state index contributed by atoms with van der Waals surface area (Å²) in [5, 5.41) is 0. The molecule has 0 heterocycles. The van der Waals surface area contributed by atoms with Gasteiger partial charge < -0.3 is 8.85 Å². The summed E-state index contributed by atoms with van der Waals surface area (Å²) in [6.45, 7) is 14.5. The zero-order valence-electron chi connectivity index (χ0n) is 13.8. The van der Waals surface area contributed by atoms with Crippen LogP contribution in [-0.4, -0.2) is 20.5 Å². The maximum absolute atomic E-state index is 11.9. The molecule has 0 aromatic heterocycles. The molecule has 0 aliphatic heterocycles. The quantitative estimate of drug-likeness (QED) is 0.446. The van der Waals surface area contributed by atoms with E-state index in [4.69, 9.17) is 8.85 Å². The van der Waals surface area contributed by atoms with Gasteiger partial charge >= 0.3 is 20.5 Å². The van der Waals surface area contributed by atoms with Crippen molar-refractivity contribution in [2.24, 2.45) is 0 Å². The first-order valence-corrected chi connectivity index (χ1v) is 9.78. The number of carbonyl (C=O) groups excluding carboxylic acids is 2. The van der Waals surface area contributed by atoms with Gasteiger partial charge in [-0.05, 0) is 26.7 Å². The van der Waals surface area contributed by atoms with E-state index in [9.17, 15) is 9.59 Å². The smallest absolute Gasteiger partial charge is 0.464 e. The third kappa shape index (κ3) is 7.27. The molecule has 0 fully saturated rings. The Hall–Kier alpha value is -1.36. The van der Waals surface area contributed by atoms with Crippen LogP contribution in [0.1, 0.15) is 53.4 Å². The molecule has 0 atom stereocenters. The van der Waals surface area contributed by atoms with E-state index >= 15 is 0 Å². The largest absolute Gasteiger partial charge is 0.481 e. The van der Waals surface area contributed by atoms with Gasteiger partial charge in [-0.3, -0.25) is 0 Å². The Morgan fingerprint density at radius 3 is 1.43 bits per heavy atom. The SMILES string of the molecule is C=C(C)C(=O)O[Si](CCCC)(CCCC)OC(=O)C(=C)C. The summed E-state index contributed by atoms with van der Waals surface area (Å²) in [4.78, 5) is 23.9. The van der Waals surface area contributed by atoms with Crippen LogP contribution in [-0.2, 0) is 18.4 Å². The number of carbonyl (C=O) groups is 2. The summed E-state index contributed by atoms with van der Waals surface area (Å²) in [5.74, 6) is -0.938. The van der Waals surface area contributed by atoms with Crippen molar-refractivity contribution in [3.05, 3.63) is 24.3 Å². The number of unbranched alkanes of at least 4 members (excludes halogenated alkanes) is 2. The first-order valence-electron chi connectivity index (χ1n) is 7.55. The summed E-state index contributed by atoms with van der Waals surface area (Å²) in [5.41, 5.74) is 0.650. The van der Waals surface area contributed by atoms with E-state index in [2.05, 4.69) is 27.0 Å². The van der Waals surface area contributed by atoms with Crippen molar-refractivity contribution >= 4 is 20.5 Å². The first-order chi connectivity index (χ1) is 9.78. The molecule has 0 aliphatic carbocycles. The predicted octanol–water partition coefficient (Wildman–Crippen LogP) is 4.27. The van der Waals surface area contributed by atoms with Crippen molar-refractivity contribution in [2.45, 2.75) is 65.5 Å². The summed E-state index contributed by atoms with van der Waals surface area (Å²) >= 11 is 0. The van der Waals surface area contributed by atoms with Crippen LogP contribution in [0.3, 0.4) is 0 Å². The third-order valence-electron chi connectivity index (χ3n) is 3.08. The number of hydrogen-bond acceptors (Lipinski definition) is 4. The Bertz CT molecular complexity index is 363. The van der Waals surface area contributed by atoms with Crippen LogP contribution < -0.4 is 0 Å². The van der Waals surface area contributed by atoms with Crippen molar-refractivity contribution in [1.82, 2.24) is 0 Å². The summed E-state index contributed by atoms with van der Waals surface area (Å²) < 4.78 is 11.3. The molecule has 0 unspecified atom stereocenters. The average Bonchev–Trinajstić information content (AvgIpc) is 2.42. The van der Waals surface area contributed by atoms with Crippen LogP contribution in [0.2, 0.25) is 12.1 Å². The van der Waals surface area contributed by atoms with E-state index in [0.29, 0.717) is 23.2 Å². The van der Waals surface area contributed by atoms with E-state index in [-0.39, 0.29) is 0 Å². The van der Waals surface area contributed by atoms with Gasteiger partial charge in [-0.25, -0.2) is 9.59 Å². The second-order valence-electron chi connectivity index (χ2n) is 5.46. The van der Waals surface area contributed by atoms with Crippen molar-refractivity contribution in [3.63, 3.8) is 0 Å². The standard InChI is InChI=1S/C16H28O4Si/c1-7-9-11-21(12-10-8-2,19-15(17)13(3)4)20-16(18)14(5)6/h3,5,7-12H2,1-2,4,6H3. The minimum Gasteiger partial charge on any atom is -0.481 e. The van der Waals surface area contributed by atoms with Crippen LogP contribution in [0.25, 0.3) is 0 Å². The number of hydrogen-bond donors (Lipinski definition) is 0. The fourth-order valence-electron chi connectivity index (χ4n) is 1.75. The van der Waals surface area contributed by atoms with Gasteiger partial charge in [0.15, 0.2) is 0 Å². The molecular formula is C16H28O4Si. The third-order valence-corrected chi connectivity index (χ3v) is 6.42. The Morgan fingerprint density at radius 2 is 1.19 bits per heavy atom. The van der Waals surface area contributed by atoms with E-state index in [1.54, 1.807) is 13.8 Å². The van der Waals surface area contributed by atoms with Crippen LogP contribution in [0, 0.1) is 0 Å². The Kier molecular flexibility index (Phi) is 8.93. The normalized spacial score (nSPS) is 10.9. The van der Waals surface area contributed by atoms with Crippen molar-refractivity contribution in [2.75, 3.05) is 0 Å². The molecule has 0 aromatic rings. The van der Waals surface area contributed by atoms with Gasteiger partial charge in [0.2, 0.25) is 0 Å². The summed E-state index contributed by atoms with van der Waals surface area (Å²) in [7, 11) is -2.91. The molecule has 0 spiro atoms. The highest BCUT2D eigenvalue weighted by atomic mass is 28.4. The lowest BCUT2D eigenvalue weighted by molar-refractivity contribution is -0.137. The molecule has 0 saturated carbocycles. The number of rotatable bonds is 10. The topological polar surface area (TPSA) is 52.6 Å². The van der Waals surface area contributed by atoms with Crippen LogP contribution in [0.15, 0.2) is 24.3 Å². The molecule has 0 aromatic carbocycles. The van der Waals surface area contributed by atoms with Crippen molar-refractivity contribution in [1.29, 1.82) is 0 Å². The van der Waals surface area contributed by atoms with Crippen molar-refractivity contribution in [3.8, 4) is 0 Å². The van der Waals surface area contributed by atoms with Crippen LogP contribution in [0.5, 0.6) is 0 Å². The van der Waals surface area contributed by atoms with Crippen molar-refractivity contribution < 1.29 is 18.4 Å². The first kappa shape index (κ1) is 19.6. The minimum atomic E-state index is -2.91. The van der Waals surface area contributed by atoms with Gasteiger partial charge in [0.1, 0.15) is 0 Å². The highest BCUT2D eigenvalue weighted by Crippen LogP contribution is 2.26. The Morgan fingerprint density at radius 1 is 0.857 bits per heavy atom. The molecule has 0 radical (unpaired) electrons. The molecular weight excluding hydrogens is 284 g/mol. The molecule has 21 heavy (non-hydrogen) atoms. The lowest BCUT2D eigenvalue weighted by atomic mass is 10.4. The van der Waals surface area contributed by atoms with E-state index in [0.717, 1.165) is 25.7 Å². The highest BCUT2D eigenvalue weighted by molar-refractivity contribution is 6.70. The zero-order valence-corrected chi connectivity index (χ0v) is 14.8. The maximum atomic E-state index is 11.9. The van der Waals surface area contributed by atoms with Gasteiger partial charge in [-0.1, -0.05) is 39.8 Å². The lowest BCUT2D eigenvalue weighted by Crippen LogP contribution is -2.46. The fourth-order valence-corrected chi connectivity index (χ4v) is 5.26. The van der Waals surface area contributed by atoms with E-state index < -0.39 is 20.5 Å². The molecule has 0 amide bonds. The van der Waals surface area contributed by atoms with Gasteiger partial charge in [-0.15, -0.1) is 0 Å². The molecule has 0 bridgehead atoms. The van der Waals surface area contributed by atoms with Gasteiger partial charge in [0.25, 0.3) is 0 Å². The molecule has 0 N–H and O–H groups in total. The predicted molar refractivity (Wildman–Crippen MR) is 87.0 cm³/mol. The maximum Gasteiger partial charge on any atom is 0.464 e.